The molecule has 0 amide bonds. The first-order chi connectivity index (χ1) is 7.27. The van der Waals surface area contributed by atoms with Crippen molar-refractivity contribution >= 4 is 10.8 Å². The highest BCUT2D eigenvalue weighted by molar-refractivity contribution is 5.95. The molecule has 2 rings (SSSR count). The molecule has 1 N–H and O–H groups in total. The van der Waals surface area contributed by atoms with Crippen LogP contribution in [0.25, 0.3) is 10.8 Å². The van der Waals surface area contributed by atoms with Crippen molar-refractivity contribution in [2.45, 2.75) is 0 Å². The third-order valence-electron chi connectivity index (χ3n) is 2.38. The highest BCUT2D eigenvalue weighted by Crippen LogP contribution is 2.40. The summed E-state index contributed by atoms with van der Waals surface area (Å²) in [7, 11) is 3.11. The lowest BCUT2D eigenvalue weighted by Crippen LogP contribution is -1.89. The van der Waals surface area contributed by atoms with E-state index in [1.54, 1.807) is 13.2 Å². The maximum atomic E-state index is 9.89. The minimum absolute atomic E-state index is 0.147. The largest absolute Gasteiger partial charge is 0.504 e. The van der Waals surface area contributed by atoms with Gasteiger partial charge in [0.15, 0.2) is 11.5 Å². The highest BCUT2D eigenvalue weighted by atomic mass is 16.5. The number of fused-ring (bicyclic) bond motifs is 1. The first-order valence-corrected chi connectivity index (χ1v) is 4.60. The molecule has 0 atom stereocenters. The predicted molar refractivity (Wildman–Crippen MR) is 58.7 cm³/mol. The van der Waals surface area contributed by atoms with Gasteiger partial charge in [0.2, 0.25) is 0 Å². The molecule has 3 heteroatoms. The van der Waals surface area contributed by atoms with Gasteiger partial charge in [0.25, 0.3) is 0 Å². The van der Waals surface area contributed by atoms with Gasteiger partial charge < -0.3 is 14.6 Å². The smallest absolute Gasteiger partial charge is 0.165 e. The lowest BCUT2D eigenvalue weighted by atomic mass is 10.1. The van der Waals surface area contributed by atoms with Crippen molar-refractivity contribution in [3.8, 4) is 17.2 Å². The minimum Gasteiger partial charge on any atom is -0.504 e. The van der Waals surface area contributed by atoms with E-state index < -0.39 is 0 Å². The molecule has 0 aliphatic heterocycles. The zero-order valence-corrected chi connectivity index (χ0v) is 8.65. The number of methoxy groups -OCH3 is 2. The van der Waals surface area contributed by atoms with E-state index in [0.29, 0.717) is 11.5 Å². The van der Waals surface area contributed by atoms with Crippen molar-refractivity contribution in [2.75, 3.05) is 14.2 Å². The van der Waals surface area contributed by atoms with Crippen LogP contribution in [-0.4, -0.2) is 19.3 Å². The Morgan fingerprint density at radius 1 is 0.933 bits per heavy atom. The maximum Gasteiger partial charge on any atom is 0.165 e. The van der Waals surface area contributed by atoms with E-state index in [2.05, 4.69) is 0 Å². The molecule has 2 aromatic carbocycles. The molecule has 0 radical (unpaired) electrons. The molecule has 3 nitrogen and oxygen atoms in total. The van der Waals surface area contributed by atoms with Gasteiger partial charge in [-0.05, 0) is 0 Å². The molecule has 0 unspecified atom stereocenters. The standard InChI is InChI=1S/C12H12O3/c1-14-10-7-11(15-2)12(13)9-6-4-3-5-8(9)10/h3-7,13H,1-2H3. The van der Waals surface area contributed by atoms with Crippen LogP contribution in [0.1, 0.15) is 0 Å². The SMILES string of the molecule is COc1cc(OC)c2ccccc2c1O. The van der Waals surface area contributed by atoms with E-state index in [0.717, 1.165) is 10.8 Å². The van der Waals surface area contributed by atoms with Crippen LogP contribution in [0.15, 0.2) is 30.3 Å². The number of rotatable bonds is 2. The van der Waals surface area contributed by atoms with Crippen molar-refractivity contribution in [3.05, 3.63) is 30.3 Å². The van der Waals surface area contributed by atoms with Crippen molar-refractivity contribution in [3.63, 3.8) is 0 Å². The van der Waals surface area contributed by atoms with Gasteiger partial charge in [-0.25, -0.2) is 0 Å². The molecular formula is C12H12O3. The lowest BCUT2D eigenvalue weighted by molar-refractivity contribution is 0.369. The van der Waals surface area contributed by atoms with E-state index in [-0.39, 0.29) is 5.75 Å². The number of phenolic OH excluding ortho intramolecular Hbond substituents is 1. The topological polar surface area (TPSA) is 38.7 Å². The Balaban J connectivity index is 2.84. The Morgan fingerprint density at radius 2 is 1.53 bits per heavy atom. The fourth-order valence-electron chi connectivity index (χ4n) is 1.63. The fraction of sp³-hybridized carbons (Fsp3) is 0.167. The van der Waals surface area contributed by atoms with Gasteiger partial charge in [-0.15, -0.1) is 0 Å². The number of hydrogen-bond acceptors (Lipinski definition) is 3. The lowest BCUT2D eigenvalue weighted by Gasteiger charge is -2.10. The van der Waals surface area contributed by atoms with Crippen LogP contribution >= 0.6 is 0 Å². The van der Waals surface area contributed by atoms with Crippen LogP contribution in [0, 0.1) is 0 Å². The summed E-state index contributed by atoms with van der Waals surface area (Å²) in [5.41, 5.74) is 0. The average molecular weight is 204 g/mol. The number of ether oxygens (including phenoxy) is 2. The molecule has 0 saturated carbocycles. The molecule has 78 valence electrons. The Hall–Kier alpha value is -1.90. The maximum absolute atomic E-state index is 9.89. The molecule has 15 heavy (non-hydrogen) atoms. The van der Waals surface area contributed by atoms with E-state index in [9.17, 15) is 5.11 Å². The average Bonchev–Trinajstić information content (AvgIpc) is 2.30. The van der Waals surface area contributed by atoms with Gasteiger partial charge in [0.05, 0.1) is 14.2 Å². The van der Waals surface area contributed by atoms with Gasteiger partial charge in [-0.1, -0.05) is 24.3 Å². The molecule has 0 saturated heterocycles. The van der Waals surface area contributed by atoms with Crippen molar-refractivity contribution < 1.29 is 14.6 Å². The van der Waals surface area contributed by atoms with E-state index in [4.69, 9.17) is 9.47 Å². The summed E-state index contributed by atoms with van der Waals surface area (Å²) in [5, 5.41) is 11.5. The number of phenols is 1. The Labute approximate surface area is 87.9 Å². The van der Waals surface area contributed by atoms with Crippen LogP contribution in [0.2, 0.25) is 0 Å². The van der Waals surface area contributed by atoms with Crippen molar-refractivity contribution in [1.82, 2.24) is 0 Å². The van der Waals surface area contributed by atoms with Gasteiger partial charge in [0, 0.05) is 16.8 Å². The molecule has 0 heterocycles. The Bertz CT molecular complexity index is 491. The first kappa shape index (κ1) is 9.65. The second-order valence-corrected chi connectivity index (χ2v) is 3.18. The second kappa shape index (κ2) is 3.69. The fourth-order valence-corrected chi connectivity index (χ4v) is 1.63. The quantitative estimate of drug-likeness (QED) is 0.817. The van der Waals surface area contributed by atoms with E-state index >= 15 is 0 Å². The summed E-state index contributed by atoms with van der Waals surface area (Å²) < 4.78 is 10.3. The molecular weight excluding hydrogens is 192 g/mol. The van der Waals surface area contributed by atoms with Gasteiger partial charge >= 0.3 is 0 Å². The third kappa shape index (κ3) is 1.46. The number of hydrogen-bond donors (Lipinski definition) is 1. The normalized spacial score (nSPS) is 10.3. The van der Waals surface area contributed by atoms with Crippen molar-refractivity contribution in [1.29, 1.82) is 0 Å². The molecule has 0 bridgehead atoms. The van der Waals surface area contributed by atoms with E-state index in [1.807, 2.05) is 24.3 Å². The summed E-state index contributed by atoms with van der Waals surface area (Å²) in [6.07, 6.45) is 0. The van der Waals surface area contributed by atoms with Gasteiger partial charge in [-0.2, -0.15) is 0 Å². The Kier molecular flexibility index (Phi) is 2.37. The summed E-state index contributed by atoms with van der Waals surface area (Å²) in [5.74, 6) is 1.26. The van der Waals surface area contributed by atoms with Crippen LogP contribution < -0.4 is 9.47 Å². The second-order valence-electron chi connectivity index (χ2n) is 3.18. The number of benzene rings is 2. The summed E-state index contributed by atoms with van der Waals surface area (Å²) in [6, 6.07) is 9.17. The summed E-state index contributed by atoms with van der Waals surface area (Å²) in [4.78, 5) is 0. The molecule has 0 spiro atoms. The third-order valence-corrected chi connectivity index (χ3v) is 2.38. The van der Waals surface area contributed by atoms with Gasteiger partial charge in [0.1, 0.15) is 5.75 Å². The molecule has 2 aromatic rings. The monoisotopic (exact) mass is 204 g/mol. The molecule has 0 aliphatic rings. The van der Waals surface area contributed by atoms with Crippen LogP contribution in [0.5, 0.6) is 17.2 Å². The molecule has 0 aromatic heterocycles. The highest BCUT2D eigenvalue weighted by Gasteiger charge is 2.11. The zero-order chi connectivity index (χ0) is 10.8. The van der Waals surface area contributed by atoms with Crippen LogP contribution in [0.3, 0.4) is 0 Å². The zero-order valence-electron chi connectivity index (χ0n) is 8.65. The Morgan fingerprint density at radius 3 is 2.13 bits per heavy atom. The number of aromatic hydroxyl groups is 1. The van der Waals surface area contributed by atoms with Gasteiger partial charge in [-0.3, -0.25) is 0 Å². The van der Waals surface area contributed by atoms with Crippen LogP contribution in [-0.2, 0) is 0 Å². The van der Waals surface area contributed by atoms with Crippen molar-refractivity contribution in [2.24, 2.45) is 0 Å². The molecule has 0 fully saturated rings. The first-order valence-electron chi connectivity index (χ1n) is 4.60. The minimum atomic E-state index is 0.147. The van der Waals surface area contributed by atoms with E-state index in [1.165, 1.54) is 7.11 Å². The van der Waals surface area contributed by atoms with Crippen LogP contribution in [0.4, 0.5) is 0 Å². The summed E-state index contributed by atoms with van der Waals surface area (Å²) >= 11 is 0. The summed E-state index contributed by atoms with van der Waals surface area (Å²) in [6.45, 7) is 0. The predicted octanol–water partition coefficient (Wildman–Crippen LogP) is 2.56. The molecule has 0 aliphatic carbocycles.